The first-order valence-electron chi connectivity index (χ1n) is 7.11. The molecule has 0 bridgehead atoms. The lowest BCUT2D eigenvalue weighted by atomic mass is 10.0. The van der Waals surface area contributed by atoms with Gasteiger partial charge in [0.2, 0.25) is 5.91 Å². The lowest BCUT2D eigenvalue weighted by Crippen LogP contribution is -2.16. The number of thiophene rings is 1. The molecule has 2 rings (SSSR count). The van der Waals surface area contributed by atoms with Crippen molar-refractivity contribution in [1.29, 1.82) is 0 Å². The standard InChI is InChI=1S/C15H21NO3S/c1-4-19-15(18)12-11(7-9(2)3)8-20-14(12)16-13(17)10-5-6-10/h8-10H,4-7H2,1-3H3,(H,16,17). The second kappa shape index (κ2) is 6.39. The van der Waals surface area contributed by atoms with E-state index in [1.165, 1.54) is 11.3 Å². The number of nitrogens with one attached hydrogen (secondary N) is 1. The smallest absolute Gasteiger partial charge is 0.341 e. The Morgan fingerprint density at radius 2 is 2.15 bits per heavy atom. The first kappa shape index (κ1) is 15.0. The van der Waals surface area contributed by atoms with Gasteiger partial charge in [-0.05, 0) is 43.0 Å². The van der Waals surface area contributed by atoms with E-state index in [4.69, 9.17) is 4.74 Å². The van der Waals surface area contributed by atoms with Gasteiger partial charge in [-0.2, -0.15) is 0 Å². The van der Waals surface area contributed by atoms with Crippen molar-refractivity contribution in [2.45, 2.75) is 40.0 Å². The van der Waals surface area contributed by atoms with Crippen LogP contribution in [0.5, 0.6) is 0 Å². The maximum Gasteiger partial charge on any atom is 0.341 e. The van der Waals surface area contributed by atoms with Crippen LogP contribution in [-0.2, 0) is 16.0 Å². The fourth-order valence-corrected chi connectivity index (χ4v) is 3.03. The largest absolute Gasteiger partial charge is 0.462 e. The molecule has 1 aromatic rings. The number of rotatable bonds is 6. The Balaban J connectivity index is 2.22. The summed E-state index contributed by atoms with van der Waals surface area (Å²) in [6.45, 7) is 6.34. The molecule has 0 aliphatic heterocycles. The van der Waals surface area contributed by atoms with Gasteiger partial charge in [0, 0.05) is 5.92 Å². The van der Waals surface area contributed by atoms with Gasteiger partial charge in [-0.3, -0.25) is 4.79 Å². The number of anilines is 1. The molecule has 1 amide bonds. The van der Waals surface area contributed by atoms with Crippen molar-refractivity contribution in [3.05, 3.63) is 16.5 Å². The van der Waals surface area contributed by atoms with E-state index in [0.29, 0.717) is 23.1 Å². The molecule has 1 heterocycles. The molecule has 0 unspecified atom stereocenters. The van der Waals surface area contributed by atoms with Gasteiger partial charge in [0.1, 0.15) is 5.00 Å². The molecule has 0 saturated heterocycles. The summed E-state index contributed by atoms with van der Waals surface area (Å²) in [6, 6.07) is 0. The molecule has 5 heteroatoms. The monoisotopic (exact) mass is 295 g/mol. The number of hydrogen-bond acceptors (Lipinski definition) is 4. The first-order valence-corrected chi connectivity index (χ1v) is 7.99. The van der Waals surface area contributed by atoms with Crippen LogP contribution >= 0.6 is 11.3 Å². The molecule has 1 N–H and O–H groups in total. The minimum Gasteiger partial charge on any atom is -0.462 e. The summed E-state index contributed by atoms with van der Waals surface area (Å²) in [5.41, 5.74) is 1.51. The predicted molar refractivity (Wildman–Crippen MR) is 80.2 cm³/mol. The van der Waals surface area contributed by atoms with E-state index in [1.54, 1.807) is 6.92 Å². The van der Waals surface area contributed by atoms with E-state index in [2.05, 4.69) is 19.2 Å². The van der Waals surface area contributed by atoms with E-state index in [9.17, 15) is 9.59 Å². The maximum absolute atomic E-state index is 12.1. The Morgan fingerprint density at radius 1 is 1.45 bits per heavy atom. The maximum atomic E-state index is 12.1. The second-order valence-corrected chi connectivity index (χ2v) is 6.43. The van der Waals surface area contributed by atoms with Crippen LogP contribution < -0.4 is 5.32 Å². The minimum absolute atomic E-state index is 0.0218. The SMILES string of the molecule is CCOC(=O)c1c(CC(C)C)csc1NC(=O)C1CC1. The van der Waals surface area contributed by atoms with E-state index >= 15 is 0 Å². The van der Waals surface area contributed by atoms with Crippen LogP contribution in [-0.4, -0.2) is 18.5 Å². The van der Waals surface area contributed by atoms with E-state index in [1.807, 2.05) is 5.38 Å². The first-order chi connectivity index (χ1) is 9.52. The summed E-state index contributed by atoms with van der Waals surface area (Å²) >= 11 is 1.41. The molecule has 0 aromatic carbocycles. The van der Waals surface area contributed by atoms with Gasteiger partial charge < -0.3 is 10.1 Å². The molecular weight excluding hydrogens is 274 g/mol. The quantitative estimate of drug-likeness (QED) is 0.818. The Morgan fingerprint density at radius 3 is 2.70 bits per heavy atom. The van der Waals surface area contributed by atoms with Gasteiger partial charge in [-0.25, -0.2) is 4.79 Å². The van der Waals surface area contributed by atoms with Gasteiger partial charge >= 0.3 is 5.97 Å². The Kier molecular flexibility index (Phi) is 4.81. The van der Waals surface area contributed by atoms with Gasteiger partial charge in [-0.15, -0.1) is 11.3 Å². The zero-order valence-electron chi connectivity index (χ0n) is 12.2. The van der Waals surface area contributed by atoms with Crippen molar-refractivity contribution < 1.29 is 14.3 Å². The van der Waals surface area contributed by atoms with Crippen molar-refractivity contribution in [2.24, 2.45) is 11.8 Å². The van der Waals surface area contributed by atoms with E-state index in [0.717, 1.165) is 24.8 Å². The molecule has 1 aromatic heterocycles. The summed E-state index contributed by atoms with van der Waals surface area (Å²) in [5.74, 6) is 0.259. The average Bonchev–Trinajstić information content (AvgIpc) is 3.14. The zero-order chi connectivity index (χ0) is 14.7. The van der Waals surface area contributed by atoms with Crippen molar-refractivity contribution in [3.63, 3.8) is 0 Å². The van der Waals surface area contributed by atoms with Crippen LogP contribution in [0.25, 0.3) is 0 Å². The highest BCUT2D eigenvalue weighted by molar-refractivity contribution is 7.15. The highest BCUT2D eigenvalue weighted by atomic mass is 32.1. The van der Waals surface area contributed by atoms with Crippen LogP contribution in [0.1, 0.15) is 49.5 Å². The second-order valence-electron chi connectivity index (χ2n) is 5.55. The van der Waals surface area contributed by atoms with E-state index < -0.39 is 0 Å². The fourth-order valence-electron chi connectivity index (χ4n) is 2.06. The number of carbonyl (C=O) groups excluding carboxylic acids is 2. The number of hydrogen-bond donors (Lipinski definition) is 1. The number of esters is 1. The van der Waals surface area contributed by atoms with Crippen LogP contribution in [0.3, 0.4) is 0 Å². The minimum atomic E-state index is -0.338. The third kappa shape index (κ3) is 3.60. The van der Waals surface area contributed by atoms with Crippen molar-refractivity contribution in [2.75, 3.05) is 11.9 Å². The van der Waals surface area contributed by atoms with Crippen molar-refractivity contribution >= 4 is 28.2 Å². The molecular formula is C15H21NO3S. The van der Waals surface area contributed by atoms with Gasteiger partial charge in [0.25, 0.3) is 0 Å². The molecule has 0 atom stereocenters. The summed E-state index contributed by atoms with van der Waals surface area (Å²) in [6.07, 6.45) is 2.71. The molecule has 110 valence electrons. The highest BCUT2D eigenvalue weighted by Gasteiger charge is 2.31. The molecule has 1 saturated carbocycles. The predicted octanol–water partition coefficient (Wildman–Crippen LogP) is 3.47. The number of carbonyl (C=O) groups is 2. The number of ether oxygens (including phenoxy) is 1. The Bertz CT molecular complexity index is 503. The molecule has 0 radical (unpaired) electrons. The van der Waals surface area contributed by atoms with Crippen molar-refractivity contribution in [3.8, 4) is 0 Å². The normalized spacial score (nSPS) is 14.4. The van der Waals surface area contributed by atoms with Crippen LogP contribution in [0.4, 0.5) is 5.00 Å². The Labute approximate surface area is 123 Å². The third-order valence-electron chi connectivity index (χ3n) is 3.16. The van der Waals surface area contributed by atoms with E-state index in [-0.39, 0.29) is 17.8 Å². The topological polar surface area (TPSA) is 55.4 Å². The Hall–Kier alpha value is -1.36. The summed E-state index contributed by atoms with van der Waals surface area (Å²) in [4.78, 5) is 24.0. The van der Waals surface area contributed by atoms with Gasteiger partial charge in [0.05, 0.1) is 12.2 Å². The van der Waals surface area contributed by atoms with Gasteiger partial charge in [0.15, 0.2) is 0 Å². The van der Waals surface area contributed by atoms with Crippen molar-refractivity contribution in [1.82, 2.24) is 0 Å². The fraction of sp³-hybridized carbons (Fsp3) is 0.600. The van der Waals surface area contributed by atoms with Crippen LogP contribution in [0.2, 0.25) is 0 Å². The summed E-state index contributed by atoms with van der Waals surface area (Å²) in [5, 5.41) is 5.47. The number of amides is 1. The lowest BCUT2D eigenvalue weighted by Gasteiger charge is -2.09. The molecule has 1 aliphatic rings. The average molecular weight is 295 g/mol. The summed E-state index contributed by atoms with van der Waals surface area (Å²) in [7, 11) is 0. The zero-order valence-corrected chi connectivity index (χ0v) is 13.0. The summed E-state index contributed by atoms with van der Waals surface area (Å²) < 4.78 is 5.12. The molecule has 1 aliphatic carbocycles. The van der Waals surface area contributed by atoms with Crippen LogP contribution in [0.15, 0.2) is 5.38 Å². The highest BCUT2D eigenvalue weighted by Crippen LogP contribution is 2.34. The lowest BCUT2D eigenvalue weighted by molar-refractivity contribution is -0.117. The third-order valence-corrected chi connectivity index (χ3v) is 4.10. The molecule has 4 nitrogen and oxygen atoms in total. The van der Waals surface area contributed by atoms with Gasteiger partial charge in [-0.1, -0.05) is 13.8 Å². The van der Waals surface area contributed by atoms with Crippen LogP contribution in [0, 0.1) is 11.8 Å². The molecule has 20 heavy (non-hydrogen) atoms. The molecule has 0 spiro atoms. The molecule has 1 fully saturated rings.